The summed E-state index contributed by atoms with van der Waals surface area (Å²) in [6.07, 6.45) is 4.62. The maximum absolute atomic E-state index is 12.4. The Morgan fingerprint density at radius 2 is 2.22 bits per heavy atom. The van der Waals surface area contributed by atoms with Crippen LogP contribution in [0.5, 0.6) is 0 Å². The van der Waals surface area contributed by atoms with Gasteiger partial charge in [-0.05, 0) is 35.6 Å². The van der Waals surface area contributed by atoms with Crippen molar-refractivity contribution in [1.29, 1.82) is 5.26 Å². The number of amides is 1. The summed E-state index contributed by atoms with van der Waals surface area (Å²) >= 11 is 2.93. The molecule has 4 rings (SSSR count). The van der Waals surface area contributed by atoms with Gasteiger partial charge in [-0.2, -0.15) is 10.4 Å². The van der Waals surface area contributed by atoms with E-state index in [0.29, 0.717) is 10.7 Å². The third-order valence-electron chi connectivity index (χ3n) is 4.36. The Balaban J connectivity index is 1.29. The van der Waals surface area contributed by atoms with Gasteiger partial charge in [-0.1, -0.05) is 35.2 Å². The zero-order valence-corrected chi connectivity index (χ0v) is 16.1. The average Bonchev–Trinajstić information content (AvgIpc) is 3.17. The van der Waals surface area contributed by atoms with Gasteiger partial charge in [0, 0.05) is 24.9 Å². The van der Waals surface area contributed by atoms with Crippen LogP contribution in [0.15, 0.2) is 41.0 Å². The van der Waals surface area contributed by atoms with Crippen LogP contribution in [0, 0.1) is 17.2 Å². The highest BCUT2D eigenvalue weighted by atomic mass is 32.2. The van der Waals surface area contributed by atoms with E-state index in [4.69, 9.17) is 5.26 Å². The molecule has 1 fully saturated rings. The second-order valence-electron chi connectivity index (χ2n) is 6.36. The maximum atomic E-state index is 12.4. The standard InChI is InChI=1S/C18H16N6OS2/c1-24-9-13(8-20-24)14-6-15(14)16(25)21-17-22-23-18(27-17)26-10-12-4-2-11(7-19)3-5-12/h2-5,8-9,14-15H,6,10H2,1H3,(H,21,22,25). The third-order valence-corrected chi connectivity index (χ3v) is 6.41. The van der Waals surface area contributed by atoms with Crippen LogP contribution in [-0.2, 0) is 17.6 Å². The van der Waals surface area contributed by atoms with Gasteiger partial charge in [0.05, 0.1) is 17.8 Å². The molecule has 1 N–H and O–H groups in total. The van der Waals surface area contributed by atoms with Gasteiger partial charge in [-0.3, -0.25) is 9.48 Å². The first-order chi connectivity index (χ1) is 13.1. The van der Waals surface area contributed by atoms with Crippen LogP contribution in [-0.4, -0.2) is 25.9 Å². The number of nitrogens with one attached hydrogen (secondary N) is 1. The molecule has 2 unspecified atom stereocenters. The molecule has 1 saturated carbocycles. The summed E-state index contributed by atoms with van der Waals surface area (Å²) < 4.78 is 2.55. The molecular weight excluding hydrogens is 380 g/mol. The molecule has 1 amide bonds. The zero-order chi connectivity index (χ0) is 18.8. The van der Waals surface area contributed by atoms with Crippen molar-refractivity contribution in [3.8, 4) is 6.07 Å². The van der Waals surface area contributed by atoms with E-state index in [1.807, 2.05) is 31.6 Å². The van der Waals surface area contributed by atoms with Crippen molar-refractivity contribution in [2.24, 2.45) is 13.0 Å². The summed E-state index contributed by atoms with van der Waals surface area (Å²) in [7, 11) is 1.87. The Labute approximate surface area is 164 Å². The van der Waals surface area contributed by atoms with Gasteiger partial charge in [-0.15, -0.1) is 10.2 Å². The number of benzene rings is 1. The van der Waals surface area contributed by atoms with Gasteiger partial charge < -0.3 is 5.32 Å². The molecule has 1 aliphatic rings. The topological polar surface area (TPSA) is 96.5 Å². The van der Waals surface area contributed by atoms with E-state index in [1.54, 1.807) is 28.6 Å². The van der Waals surface area contributed by atoms with E-state index in [9.17, 15) is 4.79 Å². The van der Waals surface area contributed by atoms with Crippen molar-refractivity contribution in [1.82, 2.24) is 20.0 Å². The van der Waals surface area contributed by atoms with Crippen molar-refractivity contribution >= 4 is 34.1 Å². The van der Waals surface area contributed by atoms with Crippen molar-refractivity contribution in [3.05, 3.63) is 53.3 Å². The molecule has 2 aromatic heterocycles. The SMILES string of the molecule is Cn1cc(C2CC2C(=O)Nc2nnc(SCc3ccc(C#N)cc3)s2)cn1. The van der Waals surface area contributed by atoms with Crippen LogP contribution in [0.4, 0.5) is 5.13 Å². The number of aromatic nitrogens is 4. The molecule has 1 aliphatic carbocycles. The fourth-order valence-corrected chi connectivity index (χ4v) is 4.53. The fraction of sp³-hybridized carbons (Fsp3) is 0.278. The quantitative estimate of drug-likeness (QED) is 0.508. The largest absolute Gasteiger partial charge is 0.300 e. The molecule has 9 heteroatoms. The number of nitrogens with zero attached hydrogens (tertiary/aromatic N) is 5. The fourth-order valence-electron chi connectivity index (χ4n) is 2.82. The Morgan fingerprint density at radius 3 is 2.93 bits per heavy atom. The minimum atomic E-state index is -0.0205. The molecule has 7 nitrogen and oxygen atoms in total. The summed E-state index contributed by atoms with van der Waals surface area (Å²) in [4.78, 5) is 12.4. The van der Waals surface area contributed by atoms with E-state index < -0.39 is 0 Å². The van der Waals surface area contributed by atoms with Crippen LogP contribution in [0.2, 0.25) is 0 Å². The highest BCUT2D eigenvalue weighted by molar-refractivity contribution is 8.00. The normalized spacial score (nSPS) is 18.1. The number of carbonyl (C=O) groups excluding carboxylic acids is 1. The van der Waals surface area contributed by atoms with E-state index in [2.05, 4.69) is 26.7 Å². The van der Waals surface area contributed by atoms with E-state index in [-0.39, 0.29) is 17.7 Å². The number of anilines is 1. The molecule has 2 heterocycles. The zero-order valence-electron chi connectivity index (χ0n) is 14.5. The van der Waals surface area contributed by atoms with Crippen LogP contribution < -0.4 is 5.32 Å². The van der Waals surface area contributed by atoms with Crippen molar-refractivity contribution in [2.75, 3.05) is 5.32 Å². The molecule has 27 heavy (non-hydrogen) atoms. The van der Waals surface area contributed by atoms with Crippen molar-refractivity contribution in [3.63, 3.8) is 0 Å². The first-order valence-corrected chi connectivity index (χ1v) is 10.2. The molecule has 0 saturated heterocycles. The predicted molar refractivity (Wildman–Crippen MR) is 103 cm³/mol. The number of nitriles is 1. The lowest BCUT2D eigenvalue weighted by atomic mass is 10.2. The number of aryl methyl sites for hydroxylation is 1. The van der Waals surface area contributed by atoms with Gasteiger partial charge >= 0.3 is 0 Å². The molecule has 3 aromatic rings. The number of rotatable bonds is 6. The van der Waals surface area contributed by atoms with Crippen LogP contribution >= 0.6 is 23.1 Å². The van der Waals surface area contributed by atoms with Gasteiger partial charge in [0.2, 0.25) is 11.0 Å². The number of hydrogen-bond acceptors (Lipinski definition) is 7. The van der Waals surface area contributed by atoms with E-state index in [0.717, 1.165) is 27.6 Å². The lowest BCUT2D eigenvalue weighted by Crippen LogP contribution is -2.14. The Bertz CT molecular complexity index is 1000. The first-order valence-electron chi connectivity index (χ1n) is 8.37. The minimum absolute atomic E-state index is 0.0105. The molecular formula is C18H16N6OS2. The summed E-state index contributed by atoms with van der Waals surface area (Å²) in [5.41, 5.74) is 2.86. The number of thioether (sulfide) groups is 1. The highest BCUT2D eigenvalue weighted by Crippen LogP contribution is 2.48. The maximum Gasteiger partial charge on any atom is 0.229 e. The summed E-state index contributed by atoms with van der Waals surface area (Å²) in [6, 6.07) is 9.57. The predicted octanol–water partition coefficient (Wildman–Crippen LogP) is 3.18. The molecule has 2 atom stereocenters. The van der Waals surface area contributed by atoms with Crippen molar-refractivity contribution in [2.45, 2.75) is 22.4 Å². The van der Waals surface area contributed by atoms with Crippen LogP contribution in [0.3, 0.4) is 0 Å². The van der Waals surface area contributed by atoms with Crippen LogP contribution in [0.1, 0.15) is 29.0 Å². The van der Waals surface area contributed by atoms with Crippen molar-refractivity contribution < 1.29 is 4.79 Å². The Kier molecular flexibility index (Phi) is 4.92. The van der Waals surface area contributed by atoms with E-state index in [1.165, 1.54) is 11.3 Å². The minimum Gasteiger partial charge on any atom is -0.300 e. The second-order valence-corrected chi connectivity index (χ2v) is 8.56. The summed E-state index contributed by atoms with van der Waals surface area (Å²) in [5.74, 6) is 0.952. The molecule has 136 valence electrons. The molecule has 1 aromatic carbocycles. The summed E-state index contributed by atoms with van der Waals surface area (Å²) in [5, 5.41) is 24.6. The smallest absolute Gasteiger partial charge is 0.229 e. The second kappa shape index (κ2) is 7.50. The first kappa shape index (κ1) is 17.7. The monoisotopic (exact) mass is 396 g/mol. The van der Waals surface area contributed by atoms with Gasteiger partial charge in [0.15, 0.2) is 4.34 Å². The van der Waals surface area contributed by atoms with Crippen LogP contribution in [0.25, 0.3) is 0 Å². The lowest BCUT2D eigenvalue weighted by molar-refractivity contribution is -0.117. The molecule has 0 spiro atoms. The molecule has 0 bridgehead atoms. The van der Waals surface area contributed by atoms with E-state index >= 15 is 0 Å². The molecule has 0 radical (unpaired) electrons. The van der Waals surface area contributed by atoms with Gasteiger partial charge in [0.25, 0.3) is 0 Å². The van der Waals surface area contributed by atoms with Gasteiger partial charge in [0.1, 0.15) is 0 Å². The third kappa shape index (κ3) is 4.18. The highest BCUT2D eigenvalue weighted by Gasteiger charge is 2.44. The summed E-state index contributed by atoms with van der Waals surface area (Å²) in [6.45, 7) is 0. The Morgan fingerprint density at radius 1 is 1.41 bits per heavy atom. The molecule has 0 aliphatic heterocycles. The Hall–Kier alpha value is -2.70. The number of carbonyl (C=O) groups is 1. The lowest BCUT2D eigenvalue weighted by Gasteiger charge is -1.99. The number of hydrogen-bond donors (Lipinski definition) is 1. The average molecular weight is 397 g/mol. The van der Waals surface area contributed by atoms with Gasteiger partial charge in [-0.25, -0.2) is 0 Å².